The van der Waals surface area contributed by atoms with E-state index in [2.05, 4.69) is 15.7 Å². The van der Waals surface area contributed by atoms with Crippen LogP contribution in [0.25, 0.3) is 0 Å². The molecular weight excluding hydrogens is 338 g/mol. The van der Waals surface area contributed by atoms with E-state index in [1.165, 1.54) is 12.1 Å². The first-order chi connectivity index (χ1) is 11.0. The minimum absolute atomic E-state index is 0. The molecule has 5 nitrogen and oxygen atoms in total. The summed E-state index contributed by atoms with van der Waals surface area (Å²) in [5.74, 6) is -1.61. The van der Waals surface area contributed by atoms with Gasteiger partial charge in [-0.1, -0.05) is 13.0 Å². The van der Waals surface area contributed by atoms with E-state index in [0.29, 0.717) is 12.0 Å². The fraction of sp³-hybridized carbons (Fsp3) is 0.375. The van der Waals surface area contributed by atoms with Crippen LogP contribution in [0.2, 0.25) is 0 Å². The SMILES string of the molecule is CCC(NC(=O)C(NC)c1cnn(C)c1)c1ccc(F)cc1F.Cl. The van der Waals surface area contributed by atoms with Crippen LogP contribution in [0.5, 0.6) is 0 Å². The first-order valence-corrected chi connectivity index (χ1v) is 7.37. The van der Waals surface area contributed by atoms with Crippen LogP contribution < -0.4 is 10.6 Å². The topological polar surface area (TPSA) is 59.0 Å². The van der Waals surface area contributed by atoms with Gasteiger partial charge in [-0.25, -0.2) is 8.78 Å². The molecule has 1 aromatic heterocycles. The van der Waals surface area contributed by atoms with Gasteiger partial charge in [0.25, 0.3) is 0 Å². The number of nitrogens with zero attached hydrogens (tertiary/aromatic N) is 2. The fourth-order valence-electron chi connectivity index (χ4n) is 2.48. The zero-order chi connectivity index (χ0) is 17.0. The van der Waals surface area contributed by atoms with Gasteiger partial charge in [-0.15, -0.1) is 12.4 Å². The molecule has 0 aliphatic rings. The zero-order valence-electron chi connectivity index (χ0n) is 13.7. The van der Waals surface area contributed by atoms with Gasteiger partial charge in [-0.05, 0) is 19.5 Å². The quantitative estimate of drug-likeness (QED) is 0.834. The summed E-state index contributed by atoms with van der Waals surface area (Å²) in [5, 5.41) is 9.76. The Kier molecular flexibility index (Phi) is 7.31. The van der Waals surface area contributed by atoms with E-state index >= 15 is 0 Å². The highest BCUT2D eigenvalue weighted by Crippen LogP contribution is 2.22. The fourth-order valence-corrected chi connectivity index (χ4v) is 2.48. The number of aromatic nitrogens is 2. The van der Waals surface area contributed by atoms with E-state index < -0.39 is 23.7 Å². The maximum absolute atomic E-state index is 13.9. The lowest BCUT2D eigenvalue weighted by atomic mass is 10.0. The van der Waals surface area contributed by atoms with Gasteiger partial charge in [-0.3, -0.25) is 9.48 Å². The van der Waals surface area contributed by atoms with Crippen molar-refractivity contribution >= 4 is 18.3 Å². The molecule has 2 unspecified atom stereocenters. The number of aryl methyl sites for hydroxylation is 1. The monoisotopic (exact) mass is 358 g/mol. The van der Waals surface area contributed by atoms with E-state index in [4.69, 9.17) is 0 Å². The number of amides is 1. The Hall–Kier alpha value is -1.99. The molecule has 2 atom stereocenters. The van der Waals surface area contributed by atoms with Gasteiger partial charge in [0.05, 0.1) is 12.2 Å². The largest absolute Gasteiger partial charge is 0.348 e. The van der Waals surface area contributed by atoms with Crippen LogP contribution in [0, 0.1) is 11.6 Å². The molecule has 2 N–H and O–H groups in total. The molecule has 0 spiro atoms. The molecule has 24 heavy (non-hydrogen) atoms. The smallest absolute Gasteiger partial charge is 0.242 e. The number of hydrogen-bond acceptors (Lipinski definition) is 3. The van der Waals surface area contributed by atoms with Crippen molar-refractivity contribution in [2.45, 2.75) is 25.4 Å². The molecule has 0 aliphatic carbocycles. The summed E-state index contributed by atoms with van der Waals surface area (Å²) in [6.07, 6.45) is 3.82. The first-order valence-electron chi connectivity index (χ1n) is 7.37. The molecule has 8 heteroatoms. The third kappa shape index (κ3) is 4.52. The minimum atomic E-state index is -0.667. The lowest BCUT2D eigenvalue weighted by Gasteiger charge is -2.22. The molecule has 0 bridgehead atoms. The summed E-state index contributed by atoms with van der Waals surface area (Å²) in [4.78, 5) is 12.5. The van der Waals surface area contributed by atoms with Gasteiger partial charge in [0, 0.05) is 30.4 Å². The average molecular weight is 359 g/mol. The standard InChI is InChI=1S/C16H20F2N4O.ClH/c1-4-14(12-6-5-11(17)7-13(12)18)21-16(23)15(19-2)10-8-20-22(3)9-10;/h5-9,14-15,19H,4H2,1-3H3,(H,21,23);1H. The van der Waals surface area contributed by atoms with Crippen molar-refractivity contribution in [3.8, 4) is 0 Å². The van der Waals surface area contributed by atoms with Gasteiger partial charge in [0.2, 0.25) is 5.91 Å². The van der Waals surface area contributed by atoms with Crippen LogP contribution in [0.15, 0.2) is 30.6 Å². The first kappa shape index (κ1) is 20.1. The highest BCUT2D eigenvalue weighted by Gasteiger charge is 2.24. The van der Waals surface area contributed by atoms with Crippen molar-refractivity contribution < 1.29 is 13.6 Å². The summed E-state index contributed by atoms with van der Waals surface area (Å²) < 4.78 is 28.6. The molecule has 132 valence electrons. The number of hydrogen-bond donors (Lipinski definition) is 2. The van der Waals surface area contributed by atoms with Crippen molar-refractivity contribution in [1.82, 2.24) is 20.4 Å². The van der Waals surface area contributed by atoms with E-state index in [-0.39, 0.29) is 23.9 Å². The number of likely N-dealkylation sites (N-methyl/N-ethyl adjacent to an activating group) is 1. The summed E-state index contributed by atoms with van der Waals surface area (Å²) in [5.41, 5.74) is 0.977. The number of benzene rings is 1. The van der Waals surface area contributed by atoms with Crippen molar-refractivity contribution in [1.29, 1.82) is 0 Å². The molecule has 1 aromatic carbocycles. The van der Waals surface area contributed by atoms with E-state index in [1.807, 2.05) is 6.92 Å². The molecule has 2 rings (SSSR count). The molecule has 1 amide bonds. The van der Waals surface area contributed by atoms with Gasteiger partial charge in [0.15, 0.2) is 0 Å². The highest BCUT2D eigenvalue weighted by molar-refractivity contribution is 5.85. The van der Waals surface area contributed by atoms with Crippen molar-refractivity contribution in [2.75, 3.05) is 7.05 Å². The summed E-state index contributed by atoms with van der Waals surface area (Å²) in [6, 6.07) is 2.24. The van der Waals surface area contributed by atoms with Crippen LogP contribution in [0.1, 0.15) is 36.6 Å². The number of rotatable bonds is 6. The summed E-state index contributed by atoms with van der Waals surface area (Å²) in [7, 11) is 3.42. The normalized spacial score (nSPS) is 13.0. The second-order valence-electron chi connectivity index (χ2n) is 5.30. The van der Waals surface area contributed by atoms with Gasteiger partial charge in [0.1, 0.15) is 17.7 Å². The Morgan fingerprint density at radius 2 is 2.08 bits per heavy atom. The predicted octanol–water partition coefficient (Wildman–Crippen LogP) is 2.65. The van der Waals surface area contributed by atoms with Crippen LogP contribution in [0.3, 0.4) is 0 Å². The molecule has 0 saturated carbocycles. The maximum atomic E-state index is 13.9. The van der Waals surface area contributed by atoms with Crippen molar-refractivity contribution in [3.63, 3.8) is 0 Å². The van der Waals surface area contributed by atoms with E-state index in [0.717, 1.165) is 6.07 Å². The molecule has 1 heterocycles. The zero-order valence-corrected chi connectivity index (χ0v) is 14.5. The third-order valence-electron chi connectivity index (χ3n) is 3.67. The second-order valence-corrected chi connectivity index (χ2v) is 5.30. The Morgan fingerprint density at radius 1 is 1.38 bits per heavy atom. The van der Waals surface area contributed by atoms with Crippen molar-refractivity contribution in [2.24, 2.45) is 7.05 Å². The number of carbonyl (C=O) groups is 1. The molecule has 2 aromatic rings. The average Bonchev–Trinajstić information content (AvgIpc) is 2.92. The Labute approximate surface area is 145 Å². The van der Waals surface area contributed by atoms with Gasteiger partial charge >= 0.3 is 0 Å². The van der Waals surface area contributed by atoms with Crippen LogP contribution in [-0.2, 0) is 11.8 Å². The lowest BCUT2D eigenvalue weighted by molar-refractivity contribution is -0.124. The van der Waals surface area contributed by atoms with Crippen LogP contribution in [-0.4, -0.2) is 22.7 Å². The number of nitrogens with one attached hydrogen (secondary N) is 2. The van der Waals surface area contributed by atoms with Gasteiger partial charge < -0.3 is 10.6 Å². The molecule has 0 saturated heterocycles. The van der Waals surface area contributed by atoms with Gasteiger partial charge in [-0.2, -0.15) is 5.10 Å². The van der Waals surface area contributed by atoms with Crippen LogP contribution in [0.4, 0.5) is 8.78 Å². The third-order valence-corrected chi connectivity index (χ3v) is 3.67. The lowest BCUT2D eigenvalue weighted by Crippen LogP contribution is -2.38. The number of halogens is 3. The summed E-state index contributed by atoms with van der Waals surface area (Å²) in [6.45, 7) is 1.83. The Morgan fingerprint density at radius 3 is 2.58 bits per heavy atom. The van der Waals surface area contributed by atoms with E-state index in [1.54, 1.807) is 31.2 Å². The molecule has 0 aliphatic heterocycles. The molecular formula is C16H21ClF2N4O. The molecule has 0 radical (unpaired) electrons. The Balaban J connectivity index is 0.00000288. The summed E-state index contributed by atoms with van der Waals surface area (Å²) >= 11 is 0. The predicted molar refractivity (Wildman–Crippen MR) is 89.8 cm³/mol. The minimum Gasteiger partial charge on any atom is -0.348 e. The Bertz CT molecular complexity index is 692. The highest BCUT2D eigenvalue weighted by atomic mass is 35.5. The molecule has 0 fully saturated rings. The second kappa shape index (κ2) is 8.75. The number of carbonyl (C=O) groups excluding carboxylic acids is 1. The van der Waals surface area contributed by atoms with E-state index in [9.17, 15) is 13.6 Å². The maximum Gasteiger partial charge on any atom is 0.242 e. The van der Waals surface area contributed by atoms with Crippen LogP contribution >= 0.6 is 12.4 Å². The van der Waals surface area contributed by atoms with Crippen molar-refractivity contribution in [3.05, 3.63) is 53.4 Å².